The van der Waals surface area contributed by atoms with E-state index in [0.717, 1.165) is 20.1 Å². The van der Waals surface area contributed by atoms with Crippen molar-refractivity contribution < 1.29 is 4.79 Å². The fourth-order valence-corrected chi connectivity index (χ4v) is 2.15. The molecule has 0 spiro atoms. The summed E-state index contributed by atoms with van der Waals surface area (Å²) in [5.41, 5.74) is 1.79. The number of carbonyl (C=O) groups excluding carboxylic acids is 1. The van der Waals surface area contributed by atoms with Gasteiger partial charge in [0.05, 0.1) is 0 Å². The van der Waals surface area contributed by atoms with Crippen LogP contribution in [0.5, 0.6) is 0 Å². The molecule has 0 fully saturated rings. The molecule has 0 saturated carbocycles. The lowest BCUT2D eigenvalue weighted by molar-refractivity contribution is 0.101. The second kappa shape index (κ2) is 3.71. The third-order valence-corrected chi connectivity index (χ3v) is 3.58. The summed E-state index contributed by atoms with van der Waals surface area (Å²) in [5, 5.41) is 0. The molecule has 0 atom stereocenters. The third-order valence-electron chi connectivity index (χ3n) is 1.70. The van der Waals surface area contributed by atoms with E-state index in [9.17, 15) is 4.79 Å². The first-order valence-corrected chi connectivity index (χ1v) is 5.08. The Hall–Kier alpha value is -0.150. The maximum atomic E-state index is 11.1. The van der Waals surface area contributed by atoms with Gasteiger partial charge in [-0.1, -0.05) is 15.9 Å². The molecule has 64 valence electrons. The summed E-state index contributed by atoms with van der Waals surface area (Å²) in [4.78, 5) is 11.1. The Morgan fingerprint density at radius 3 is 2.42 bits per heavy atom. The second-order valence-electron chi connectivity index (χ2n) is 2.59. The summed E-state index contributed by atoms with van der Waals surface area (Å²) in [5.74, 6) is 0.0810. The first-order chi connectivity index (χ1) is 5.54. The number of carbonyl (C=O) groups is 1. The average Bonchev–Trinajstić information content (AvgIpc) is 2.00. The van der Waals surface area contributed by atoms with Crippen molar-refractivity contribution in [1.82, 2.24) is 0 Å². The van der Waals surface area contributed by atoms with Crippen molar-refractivity contribution in [2.75, 3.05) is 0 Å². The van der Waals surface area contributed by atoms with Gasteiger partial charge in [-0.15, -0.1) is 0 Å². The van der Waals surface area contributed by atoms with Gasteiger partial charge in [0.25, 0.3) is 0 Å². The lowest BCUT2D eigenvalue weighted by Gasteiger charge is -2.05. The van der Waals surface area contributed by atoms with Crippen LogP contribution >= 0.6 is 31.9 Å². The fourth-order valence-electron chi connectivity index (χ4n) is 0.933. The molecule has 1 nitrogen and oxygen atoms in total. The fraction of sp³-hybridized carbons (Fsp3) is 0.222. The summed E-state index contributed by atoms with van der Waals surface area (Å²) in [6.07, 6.45) is 0. The molecule has 0 amide bonds. The molecule has 0 aromatic heterocycles. The molecule has 0 radical (unpaired) electrons. The zero-order valence-electron chi connectivity index (χ0n) is 6.82. The molecule has 0 bridgehead atoms. The van der Waals surface area contributed by atoms with Crippen LogP contribution in [0.2, 0.25) is 0 Å². The van der Waals surface area contributed by atoms with Gasteiger partial charge in [-0.2, -0.15) is 0 Å². The van der Waals surface area contributed by atoms with E-state index in [2.05, 4.69) is 31.9 Å². The summed E-state index contributed by atoms with van der Waals surface area (Å²) >= 11 is 6.77. The van der Waals surface area contributed by atoms with E-state index in [1.807, 2.05) is 19.1 Å². The van der Waals surface area contributed by atoms with Crippen molar-refractivity contribution in [2.24, 2.45) is 0 Å². The smallest absolute Gasteiger partial charge is 0.160 e. The molecule has 0 aliphatic heterocycles. The topological polar surface area (TPSA) is 17.1 Å². The highest BCUT2D eigenvalue weighted by molar-refractivity contribution is 9.11. The Labute approximate surface area is 88.4 Å². The monoisotopic (exact) mass is 290 g/mol. The minimum Gasteiger partial charge on any atom is -0.294 e. The molecule has 1 aromatic carbocycles. The van der Waals surface area contributed by atoms with Crippen LogP contribution in [-0.2, 0) is 0 Å². The van der Waals surface area contributed by atoms with Gasteiger partial charge in [-0.3, -0.25) is 4.79 Å². The molecule has 0 saturated heterocycles. The quantitative estimate of drug-likeness (QED) is 0.721. The highest BCUT2D eigenvalue weighted by atomic mass is 79.9. The van der Waals surface area contributed by atoms with E-state index in [1.165, 1.54) is 0 Å². The Balaban J connectivity index is 3.36. The van der Waals surface area contributed by atoms with Gasteiger partial charge in [0.2, 0.25) is 0 Å². The Morgan fingerprint density at radius 2 is 1.92 bits per heavy atom. The van der Waals surface area contributed by atoms with Crippen LogP contribution in [-0.4, -0.2) is 5.78 Å². The van der Waals surface area contributed by atoms with E-state index in [4.69, 9.17) is 0 Å². The predicted molar refractivity (Wildman–Crippen MR) is 56.6 cm³/mol. The van der Waals surface area contributed by atoms with E-state index < -0.39 is 0 Å². The van der Waals surface area contributed by atoms with Crippen LogP contribution in [0.25, 0.3) is 0 Å². The standard InChI is InChI=1S/C9H8Br2O/c1-5-8(10)4-3-7(6(2)12)9(5)11/h3-4H,1-2H3. The number of Topliss-reactive ketones (excluding diaryl/α,β-unsaturated/α-hetero) is 1. The SMILES string of the molecule is CC(=O)c1ccc(Br)c(C)c1Br. The molecular weight excluding hydrogens is 284 g/mol. The largest absolute Gasteiger partial charge is 0.294 e. The number of hydrogen-bond donors (Lipinski definition) is 0. The maximum absolute atomic E-state index is 11.1. The van der Waals surface area contributed by atoms with Crippen molar-refractivity contribution in [1.29, 1.82) is 0 Å². The van der Waals surface area contributed by atoms with E-state index in [-0.39, 0.29) is 5.78 Å². The van der Waals surface area contributed by atoms with Crippen LogP contribution in [0.3, 0.4) is 0 Å². The summed E-state index contributed by atoms with van der Waals surface area (Å²) in [7, 11) is 0. The third kappa shape index (κ3) is 1.77. The first-order valence-electron chi connectivity index (χ1n) is 3.49. The lowest BCUT2D eigenvalue weighted by Crippen LogP contribution is -1.95. The number of benzene rings is 1. The van der Waals surface area contributed by atoms with Crippen LogP contribution in [0, 0.1) is 6.92 Å². The Bertz CT molecular complexity index is 332. The zero-order valence-corrected chi connectivity index (χ0v) is 9.99. The maximum Gasteiger partial charge on any atom is 0.160 e. The van der Waals surface area contributed by atoms with E-state index in [1.54, 1.807) is 6.92 Å². The predicted octanol–water partition coefficient (Wildman–Crippen LogP) is 3.72. The van der Waals surface area contributed by atoms with Gasteiger partial charge in [0, 0.05) is 14.5 Å². The molecule has 0 unspecified atom stereocenters. The number of hydrogen-bond acceptors (Lipinski definition) is 1. The lowest BCUT2D eigenvalue weighted by atomic mass is 10.1. The molecule has 0 aliphatic carbocycles. The van der Waals surface area contributed by atoms with Crippen molar-refractivity contribution in [3.8, 4) is 0 Å². The van der Waals surface area contributed by atoms with E-state index in [0.29, 0.717) is 0 Å². The van der Waals surface area contributed by atoms with Gasteiger partial charge < -0.3 is 0 Å². The van der Waals surface area contributed by atoms with Crippen LogP contribution in [0.4, 0.5) is 0 Å². The zero-order chi connectivity index (χ0) is 9.30. The summed E-state index contributed by atoms with van der Waals surface area (Å²) in [6, 6.07) is 3.69. The molecule has 1 rings (SSSR count). The Morgan fingerprint density at radius 1 is 1.33 bits per heavy atom. The molecule has 1 aromatic rings. The number of halogens is 2. The molecule has 0 heterocycles. The van der Waals surface area contributed by atoms with Gasteiger partial charge in [0.1, 0.15) is 0 Å². The minimum atomic E-state index is 0.0810. The normalized spacial score (nSPS) is 10.0. The van der Waals surface area contributed by atoms with Crippen LogP contribution in [0.1, 0.15) is 22.8 Å². The summed E-state index contributed by atoms with van der Waals surface area (Å²) in [6.45, 7) is 3.52. The molecule has 0 aliphatic rings. The summed E-state index contributed by atoms with van der Waals surface area (Å²) < 4.78 is 1.89. The van der Waals surface area contributed by atoms with Crippen LogP contribution in [0.15, 0.2) is 21.1 Å². The van der Waals surface area contributed by atoms with Crippen molar-refractivity contribution >= 4 is 37.6 Å². The van der Waals surface area contributed by atoms with Crippen LogP contribution < -0.4 is 0 Å². The minimum absolute atomic E-state index is 0.0810. The number of ketones is 1. The number of rotatable bonds is 1. The van der Waals surface area contributed by atoms with Gasteiger partial charge in [0.15, 0.2) is 5.78 Å². The second-order valence-corrected chi connectivity index (χ2v) is 4.24. The van der Waals surface area contributed by atoms with Crippen molar-refractivity contribution in [2.45, 2.75) is 13.8 Å². The molecular formula is C9H8Br2O. The Kier molecular flexibility index (Phi) is 3.07. The van der Waals surface area contributed by atoms with Crippen molar-refractivity contribution in [3.05, 3.63) is 32.2 Å². The highest BCUT2D eigenvalue weighted by Crippen LogP contribution is 2.27. The van der Waals surface area contributed by atoms with Crippen molar-refractivity contribution in [3.63, 3.8) is 0 Å². The highest BCUT2D eigenvalue weighted by Gasteiger charge is 2.08. The van der Waals surface area contributed by atoms with Gasteiger partial charge in [-0.05, 0) is 47.5 Å². The molecule has 3 heteroatoms. The van der Waals surface area contributed by atoms with Gasteiger partial charge >= 0.3 is 0 Å². The van der Waals surface area contributed by atoms with E-state index >= 15 is 0 Å². The van der Waals surface area contributed by atoms with Gasteiger partial charge in [-0.25, -0.2) is 0 Å². The molecule has 12 heavy (non-hydrogen) atoms. The average molecular weight is 292 g/mol. The molecule has 0 N–H and O–H groups in total. The first kappa shape index (κ1) is 9.93.